The van der Waals surface area contributed by atoms with Crippen LogP contribution in [0, 0.1) is 0 Å². The second-order valence-corrected chi connectivity index (χ2v) is 7.05. The van der Waals surface area contributed by atoms with E-state index in [9.17, 15) is 4.79 Å². The number of hydrogen-bond acceptors (Lipinski definition) is 6. The summed E-state index contributed by atoms with van der Waals surface area (Å²) in [5.74, 6) is 0.116. The van der Waals surface area contributed by atoms with Gasteiger partial charge >= 0.3 is 0 Å². The lowest BCUT2D eigenvalue weighted by molar-refractivity contribution is 0.102. The maximum atomic E-state index is 12.6. The summed E-state index contributed by atoms with van der Waals surface area (Å²) in [6.45, 7) is 4.15. The van der Waals surface area contributed by atoms with E-state index >= 15 is 0 Å². The Bertz CT molecular complexity index is 953. The number of aromatic nitrogens is 2. The number of anilines is 4. The fourth-order valence-electron chi connectivity index (χ4n) is 3.21. The van der Waals surface area contributed by atoms with Crippen molar-refractivity contribution in [2.75, 3.05) is 48.8 Å². The quantitative estimate of drug-likeness (QED) is 0.699. The fourth-order valence-corrected chi connectivity index (χ4v) is 3.21. The standard InChI is InChI=1S/C22H24N6O/c1-27-13-15-28(16-14-27)19-9-7-18(8-10-19)24-21(29)20-11-12-23-22(26-20)25-17-5-3-2-4-6-17/h2-12H,13-16H2,1H3,(H,24,29)(H,23,25,26). The number of likely N-dealkylation sites (N-methyl/N-ethyl adjacent to an activating group) is 1. The Morgan fingerprint density at radius 3 is 2.34 bits per heavy atom. The van der Waals surface area contributed by atoms with E-state index in [4.69, 9.17) is 0 Å². The van der Waals surface area contributed by atoms with Crippen molar-refractivity contribution in [2.24, 2.45) is 0 Å². The van der Waals surface area contributed by atoms with Crippen molar-refractivity contribution in [2.45, 2.75) is 0 Å². The number of rotatable bonds is 5. The average molecular weight is 388 g/mol. The number of nitrogens with one attached hydrogen (secondary N) is 2. The molecule has 0 radical (unpaired) electrons. The van der Waals surface area contributed by atoms with Crippen LogP contribution in [0.15, 0.2) is 66.9 Å². The van der Waals surface area contributed by atoms with Crippen LogP contribution in [-0.4, -0.2) is 54.0 Å². The highest BCUT2D eigenvalue weighted by atomic mass is 16.1. The van der Waals surface area contributed by atoms with Gasteiger partial charge in [-0.3, -0.25) is 4.79 Å². The Balaban J connectivity index is 1.39. The molecule has 0 atom stereocenters. The maximum absolute atomic E-state index is 12.6. The smallest absolute Gasteiger partial charge is 0.274 e. The Kier molecular flexibility index (Phi) is 5.67. The predicted octanol–water partition coefficient (Wildman–Crippen LogP) is 3.22. The molecule has 7 nitrogen and oxygen atoms in total. The number of benzene rings is 2. The predicted molar refractivity (Wildman–Crippen MR) is 116 cm³/mol. The van der Waals surface area contributed by atoms with Gasteiger partial charge in [0.25, 0.3) is 5.91 Å². The van der Waals surface area contributed by atoms with Gasteiger partial charge in [0, 0.05) is 49.4 Å². The minimum Gasteiger partial charge on any atom is -0.369 e. The number of carbonyl (C=O) groups excluding carboxylic acids is 1. The second kappa shape index (κ2) is 8.70. The Morgan fingerprint density at radius 2 is 1.62 bits per heavy atom. The minimum atomic E-state index is -0.268. The first-order chi connectivity index (χ1) is 14.2. The highest BCUT2D eigenvalue weighted by Crippen LogP contribution is 2.20. The number of carbonyl (C=O) groups is 1. The van der Waals surface area contributed by atoms with Crippen LogP contribution in [0.5, 0.6) is 0 Å². The van der Waals surface area contributed by atoms with Crippen molar-refractivity contribution in [3.8, 4) is 0 Å². The average Bonchev–Trinajstić information content (AvgIpc) is 2.76. The molecule has 2 aromatic carbocycles. The summed E-state index contributed by atoms with van der Waals surface area (Å²) in [5.41, 5.74) is 3.09. The number of para-hydroxylation sites is 1. The molecule has 0 bridgehead atoms. The van der Waals surface area contributed by atoms with Gasteiger partial charge in [-0.2, -0.15) is 0 Å². The maximum Gasteiger partial charge on any atom is 0.274 e. The zero-order valence-corrected chi connectivity index (χ0v) is 16.4. The third kappa shape index (κ3) is 4.89. The second-order valence-electron chi connectivity index (χ2n) is 7.05. The van der Waals surface area contributed by atoms with Crippen LogP contribution in [-0.2, 0) is 0 Å². The van der Waals surface area contributed by atoms with Crippen LogP contribution < -0.4 is 15.5 Å². The Labute approximate surface area is 170 Å². The summed E-state index contributed by atoms with van der Waals surface area (Å²) in [4.78, 5) is 25.8. The summed E-state index contributed by atoms with van der Waals surface area (Å²) in [5, 5.41) is 6.00. The molecule has 1 amide bonds. The first kappa shape index (κ1) is 18.9. The molecule has 3 aromatic rings. The molecule has 1 aliphatic heterocycles. The van der Waals surface area contributed by atoms with Crippen molar-refractivity contribution in [3.63, 3.8) is 0 Å². The third-order valence-electron chi connectivity index (χ3n) is 4.91. The molecule has 0 unspecified atom stereocenters. The molecule has 7 heteroatoms. The van der Waals surface area contributed by atoms with Crippen LogP contribution in [0.4, 0.5) is 23.0 Å². The van der Waals surface area contributed by atoms with Crippen molar-refractivity contribution in [1.82, 2.24) is 14.9 Å². The number of piperazine rings is 1. The number of nitrogens with zero attached hydrogens (tertiary/aromatic N) is 4. The largest absolute Gasteiger partial charge is 0.369 e. The lowest BCUT2D eigenvalue weighted by atomic mass is 10.2. The van der Waals surface area contributed by atoms with E-state index in [0.717, 1.165) is 37.6 Å². The Morgan fingerprint density at radius 1 is 0.897 bits per heavy atom. The van der Waals surface area contributed by atoms with Gasteiger partial charge in [-0.15, -0.1) is 0 Å². The molecule has 29 heavy (non-hydrogen) atoms. The van der Waals surface area contributed by atoms with Crippen molar-refractivity contribution in [3.05, 3.63) is 72.6 Å². The molecule has 0 aliphatic carbocycles. The van der Waals surface area contributed by atoms with Gasteiger partial charge in [0.2, 0.25) is 5.95 Å². The monoisotopic (exact) mass is 388 g/mol. The van der Waals surface area contributed by atoms with E-state index in [-0.39, 0.29) is 5.91 Å². The third-order valence-corrected chi connectivity index (χ3v) is 4.91. The van der Waals surface area contributed by atoms with Gasteiger partial charge < -0.3 is 20.4 Å². The summed E-state index contributed by atoms with van der Waals surface area (Å²) in [6, 6.07) is 19.2. The minimum absolute atomic E-state index is 0.268. The van der Waals surface area contributed by atoms with Gasteiger partial charge in [-0.25, -0.2) is 9.97 Å². The van der Waals surface area contributed by atoms with E-state index in [1.807, 2.05) is 54.6 Å². The van der Waals surface area contributed by atoms with E-state index in [2.05, 4.69) is 37.4 Å². The molecule has 0 saturated carbocycles. The summed E-state index contributed by atoms with van der Waals surface area (Å²) in [6.07, 6.45) is 1.57. The van der Waals surface area contributed by atoms with E-state index in [0.29, 0.717) is 11.6 Å². The SMILES string of the molecule is CN1CCN(c2ccc(NC(=O)c3ccnc(Nc4ccccc4)n3)cc2)CC1. The molecule has 2 N–H and O–H groups in total. The zero-order valence-electron chi connectivity index (χ0n) is 16.4. The summed E-state index contributed by atoms with van der Waals surface area (Å²) >= 11 is 0. The van der Waals surface area contributed by atoms with E-state index in [1.165, 1.54) is 5.69 Å². The van der Waals surface area contributed by atoms with E-state index in [1.54, 1.807) is 12.3 Å². The van der Waals surface area contributed by atoms with Crippen LogP contribution in [0.25, 0.3) is 0 Å². The zero-order chi connectivity index (χ0) is 20.1. The first-order valence-corrected chi connectivity index (χ1v) is 9.67. The van der Waals surface area contributed by atoms with Crippen molar-refractivity contribution < 1.29 is 4.79 Å². The highest BCUT2D eigenvalue weighted by Gasteiger charge is 2.14. The molecule has 1 saturated heterocycles. The van der Waals surface area contributed by atoms with Crippen LogP contribution in [0.3, 0.4) is 0 Å². The van der Waals surface area contributed by atoms with Crippen molar-refractivity contribution >= 4 is 28.9 Å². The van der Waals surface area contributed by atoms with Crippen LogP contribution >= 0.6 is 0 Å². The highest BCUT2D eigenvalue weighted by molar-refractivity contribution is 6.03. The topological polar surface area (TPSA) is 73.4 Å². The van der Waals surface area contributed by atoms with Crippen molar-refractivity contribution in [1.29, 1.82) is 0 Å². The molecule has 0 spiro atoms. The lowest BCUT2D eigenvalue weighted by Crippen LogP contribution is -2.44. The Hall–Kier alpha value is -3.45. The van der Waals surface area contributed by atoms with Gasteiger partial charge in [-0.05, 0) is 49.5 Å². The van der Waals surface area contributed by atoms with Gasteiger partial charge in [0.15, 0.2) is 0 Å². The lowest BCUT2D eigenvalue weighted by Gasteiger charge is -2.34. The van der Waals surface area contributed by atoms with Gasteiger partial charge in [0.1, 0.15) is 5.69 Å². The number of hydrogen-bond donors (Lipinski definition) is 2. The fraction of sp³-hybridized carbons (Fsp3) is 0.227. The molecule has 1 fully saturated rings. The van der Waals surface area contributed by atoms with Gasteiger partial charge in [-0.1, -0.05) is 18.2 Å². The van der Waals surface area contributed by atoms with E-state index < -0.39 is 0 Å². The molecule has 1 aromatic heterocycles. The molecular formula is C22H24N6O. The molecule has 148 valence electrons. The first-order valence-electron chi connectivity index (χ1n) is 9.67. The molecule has 2 heterocycles. The molecule has 1 aliphatic rings. The van der Waals surface area contributed by atoms with Crippen LogP contribution in [0.1, 0.15) is 10.5 Å². The van der Waals surface area contributed by atoms with Gasteiger partial charge in [0.05, 0.1) is 0 Å². The number of amides is 1. The molecular weight excluding hydrogens is 364 g/mol. The molecule has 4 rings (SSSR count). The van der Waals surface area contributed by atoms with Crippen LogP contribution in [0.2, 0.25) is 0 Å². The summed E-state index contributed by atoms with van der Waals surface area (Å²) in [7, 11) is 2.14. The normalized spacial score (nSPS) is 14.4. The summed E-state index contributed by atoms with van der Waals surface area (Å²) < 4.78 is 0.